The number of halogens is 3. The second kappa shape index (κ2) is 5.53. The molecule has 0 saturated heterocycles. The second-order valence-electron chi connectivity index (χ2n) is 3.60. The van der Waals surface area contributed by atoms with E-state index < -0.39 is 11.6 Å². The molecule has 2 aromatic rings. The fourth-order valence-electron chi connectivity index (χ4n) is 1.43. The Labute approximate surface area is 111 Å². The van der Waals surface area contributed by atoms with Crippen LogP contribution in [0.2, 0.25) is 0 Å². The average molecular weight is 318 g/mol. The summed E-state index contributed by atoms with van der Waals surface area (Å²) < 4.78 is 32.8. The van der Waals surface area contributed by atoms with E-state index in [1.807, 2.05) is 0 Å². The molecule has 2 rings (SSSR count). The first-order chi connectivity index (χ1) is 8.61. The molecule has 1 aromatic heterocycles. The van der Waals surface area contributed by atoms with Gasteiger partial charge < -0.3 is 9.73 Å². The normalized spacial score (nSPS) is 10.9. The van der Waals surface area contributed by atoms with Crippen molar-refractivity contribution in [2.45, 2.75) is 6.42 Å². The molecular formula is C11H10BrF2N3O. The summed E-state index contributed by atoms with van der Waals surface area (Å²) in [6.45, 7) is 0.646. The van der Waals surface area contributed by atoms with Crippen molar-refractivity contribution < 1.29 is 13.2 Å². The summed E-state index contributed by atoms with van der Waals surface area (Å²) in [4.78, 5) is 0. The number of rotatable bonds is 4. The van der Waals surface area contributed by atoms with E-state index in [4.69, 9.17) is 4.42 Å². The van der Waals surface area contributed by atoms with Gasteiger partial charge in [0.15, 0.2) is 0 Å². The second-order valence-corrected chi connectivity index (χ2v) is 4.51. The Morgan fingerprint density at radius 2 is 1.94 bits per heavy atom. The van der Waals surface area contributed by atoms with Crippen molar-refractivity contribution in [2.24, 2.45) is 0 Å². The Morgan fingerprint density at radius 1 is 1.28 bits per heavy atom. The largest absolute Gasteiger partial charge is 0.420 e. The van der Waals surface area contributed by atoms with Gasteiger partial charge in [-0.1, -0.05) is 15.9 Å². The van der Waals surface area contributed by atoms with Crippen LogP contribution >= 0.6 is 15.9 Å². The van der Waals surface area contributed by atoms with Crippen LogP contribution < -0.4 is 5.32 Å². The van der Waals surface area contributed by atoms with Gasteiger partial charge in [0.1, 0.15) is 17.2 Å². The number of likely N-dealkylation sites (N-methyl/N-ethyl adjacent to an activating group) is 1. The van der Waals surface area contributed by atoms with E-state index in [9.17, 15) is 8.78 Å². The number of nitrogens with zero attached hydrogens (tertiary/aromatic N) is 2. The third-order valence-electron chi connectivity index (χ3n) is 2.28. The molecule has 96 valence electrons. The van der Waals surface area contributed by atoms with Crippen LogP contribution in [0.5, 0.6) is 0 Å². The molecule has 0 bridgehead atoms. The lowest BCUT2D eigenvalue weighted by Gasteiger charge is -2.00. The highest BCUT2D eigenvalue weighted by Gasteiger charge is 2.18. The minimum absolute atomic E-state index is 0.149. The lowest BCUT2D eigenvalue weighted by molar-refractivity contribution is 0.490. The van der Waals surface area contributed by atoms with E-state index in [0.717, 1.165) is 12.1 Å². The smallest absolute Gasteiger partial charge is 0.253 e. The van der Waals surface area contributed by atoms with Crippen LogP contribution in [0.4, 0.5) is 8.78 Å². The van der Waals surface area contributed by atoms with Gasteiger partial charge in [-0.05, 0) is 19.2 Å². The van der Waals surface area contributed by atoms with E-state index in [1.54, 1.807) is 7.05 Å². The van der Waals surface area contributed by atoms with Crippen LogP contribution in [0.15, 0.2) is 21.0 Å². The SMILES string of the molecule is CNCCc1nnc(-c2c(F)cc(Br)cc2F)o1. The lowest BCUT2D eigenvalue weighted by atomic mass is 10.2. The van der Waals surface area contributed by atoms with E-state index in [0.29, 0.717) is 23.3 Å². The maximum absolute atomic E-state index is 13.6. The maximum atomic E-state index is 13.6. The molecule has 0 radical (unpaired) electrons. The van der Waals surface area contributed by atoms with Crippen LogP contribution in [-0.4, -0.2) is 23.8 Å². The number of hydrogen-bond donors (Lipinski definition) is 1. The molecule has 0 spiro atoms. The number of hydrogen-bond acceptors (Lipinski definition) is 4. The Kier molecular flexibility index (Phi) is 4.03. The van der Waals surface area contributed by atoms with Crippen LogP contribution in [-0.2, 0) is 6.42 Å². The topological polar surface area (TPSA) is 51.0 Å². The van der Waals surface area contributed by atoms with Gasteiger partial charge in [-0.3, -0.25) is 0 Å². The van der Waals surface area contributed by atoms with E-state index in [-0.39, 0.29) is 11.5 Å². The average Bonchev–Trinajstić information content (AvgIpc) is 2.73. The molecule has 4 nitrogen and oxygen atoms in total. The van der Waals surface area contributed by atoms with E-state index in [2.05, 4.69) is 31.4 Å². The quantitative estimate of drug-likeness (QED) is 0.941. The summed E-state index contributed by atoms with van der Waals surface area (Å²) in [5.41, 5.74) is -0.304. The summed E-state index contributed by atoms with van der Waals surface area (Å²) in [6.07, 6.45) is 0.503. The lowest BCUT2D eigenvalue weighted by Crippen LogP contribution is -2.10. The minimum Gasteiger partial charge on any atom is -0.420 e. The first-order valence-electron chi connectivity index (χ1n) is 5.23. The summed E-state index contributed by atoms with van der Waals surface area (Å²) >= 11 is 3.00. The number of benzene rings is 1. The molecule has 1 N–H and O–H groups in total. The molecule has 7 heteroatoms. The Bertz CT molecular complexity index is 536. The standard InChI is InChI=1S/C11H10BrF2N3O/c1-15-3-2-9-16-17-11(18-9)10-7(13)4-6(12)5-8(10)14/h4-5,15H,2-3H2,1H3. The van der Waals surface area contributed by atoms with Gasteiger partial charge in [-0.25, -0.2) is 8.78 Å². The molecule has 1 aromatic carbocycles. The summed E-state index contributed by atoms with van der Waals surface area (Å²) in [5, 5.41) is 10.3. The fraction of sp³-hybridized carbons (Fsp3) is 0.273. The van der Waals surface area contributed by atoms with Gasteiger partial charge in [0.25, 0.3) is 5.89 Å². The van der Waals surface area contributed by atoms with Crippen molar-refractivity contribution in [1.82, 2.24) is 15.5 Å². The highest BCUT2D eigenvalue weighted by molar-refractivity contribution is 9.10. The molecule has 18 heavy (non-hydrogen) atoms. The van der Waals surface area contributed by atoms with Gasteiger partial charge in [0.05, 0.1) is 0 Å². The van der Waals surface area contributed by atoms with Gasteiger partial charge in [-0.2, -0.15) is 0 Å². The van der Waals surface area contributed by atoms with Crippen molar-refractivity contribution in [3.05, 3.63) is 34.1 Å². The fourth-order valence-corrected chi connectivity index (χ4v) is 1.84. The minimum atomic E-state index is -0.745. The molecule has 0 atom stereocenters. The Morgan fingerprint density at radius 3 is 2.56 bits per heavy atom. The van der Waals surface area contributed by atoms with Crippen LogP contribution in [0.25, 0.3) is 11.5 Å². The molecule has 0 amide bonds. The van der Waals surface area contributed by atoms with E-state index in [1.165, 1.54) is 0 Å². The van der Waals surface area contributed by atoms with Crippen molar-refractivity contribution in [3.8, 4) is 11.5 Å². The van der Waals surface area contributed by atoms with Crippen molar-refractivity contribution in [2.75, 3.05) is 13.6 Å². The zero-order valence-corrected chi connectivity index (χ0v) is 11.1. The maximum Gasteiger partial charge on any atom is 0.253 e. The van der Waals surface area contributed by atoms with Gasteiger partial charge >= 0.3 is 0 Å². The molecule has 0 aliphatic carbocycles. The summed E-state index contributed by atoms with van der Waals surface area (Å²) in [7, 11) is 1.78. The summed E-state index contributed by atoms with van der Waals surface area (Å²) in [6, 6.07) is 2.30. The van der Waals surface area contributed by atoms with Gasteiger partial charge in [0, 0.05) is 17.4 Å². The first-order valence-corrected chi connectivity index (χ1v) is 6.03. The third kappa shape index (κ3) is 2.73. The first kappa shape index (κ1) is 13.1. The number of aromatic nitrogens is 2. The molecule has 0 saturated carbocycles. The predicted molar refractivity (Wildman–Crippen MR) is 65.0 cm³/mol. The zero-order chi connectivity index (χ0) is 13.1. The highest BCUT2D eigenvalue weighted by Crippen LogP contribution is 2.28. The molecule has 0 fully saturated rings. The predicted octanol–water partition coefficient (Wildman–Crippen LogP) is 2.54. The zero-order valence-electron chi connectivity index (χ0n) is 9.51. The van der Waals surface area contributed by atoms with E-state index >= 15 is 0 Å². The molecule has 1 heterocycles. The third-order valence-corrected chi connectivity index (χ3v) is 2.73. The monoisotopic (exact) mass is 317 g/mol. The highest BCUT2D eigenvalue weighted by atomic mass is 79.9. The number of nitrogens with one attached hydrogen (secondary N) is 1. The Hall–Kier alpha value is -1.34. The van der Waals surface area contributed by atoms with Crippen LogP contribution in [0.3, 0.4) is 0 Å². The molecule has 0 aliphatic heterocycles. The molecule has 0 unspecified atom stereocenters. The van der Waals surface area contributed by atoms with Crippen molar-refractivity contribution >= 4 is 15.9 Å². The van der Waals surface area contributed by atoms with Gasteiger partial charge in [0.2, 0.25) is 5.89 Å². The molecular weight excluding hydrogens is 308 g/mol. The summed E-state index contributed by atoms with van der Waals surface area (Å²) in [5.74, 6) is -1.30. The van der Waals surface area contributed by atoms with Gasteiger partial charge in [-0.15, -0.1) is 10.2 Å². The Balaban J connectivity index is 2.34. The van der Waals surface area contributed by atoms with Crippen molar-refractivity contribution in [3.63, 3.8) is 0 Å². The van der Waals surface area contributed by atoms with Crippen LogP contribution in [0.1, 0.15) is 5.89 Å². The molecule has 0 aliphatic rings. The van der Waals surface area contributed by atoms with Crippen molar-refractivity contribution in [1.29, 1.82) is 0 Å². The van der Waals surface area contributed by atoms with Crippen LogP contribution in [0, 0.1) is 11.6 Å².